The zero-order valence-electron chi connectivity index (χ0n) is 8.47. The van der Waals surface area contributed by atoms with Crippen LogP contribution < -0.4 is 5.32 Å². The molecule has 0 aliphatic rings. The molecule has 0 aliphatic heterocycles. The fraction of sp³-hybridized carbons (Fsp3) is 0.800. The van der Waals surface area contributed by atoms with Crippen molar-refractivity contribution in [1.82, 2.24) is 5.32 Å². The minimum Gasteiger partial charge on any atom is -0.319 e. The molecule has 0 aromatic carbocycles. The van der Waals surface area contributed by atoms with Crippen molar-refractivity contribution in [1.29, 1.82) is 0 Å². The van der Waals surface area contributed by atoms with E-state index in [1.165, 1.54) is 6.42 Å². The lowest BCUT2D eigenvalue weighted by atomic mass is 9.91. The predicted octanol–water partition coefficient (Wildman–Crippen LogP) is 2.87. The third-order valence-electron chi connectivity index (χ3n) is 2.15. The van der Waals surface area contributed by atoms with Gasteiger partial charge in [-0.2, -0.15) is 0 Å². The second kappa shape index (κ2) is 9.08. The van der Waals surface area contributed by atoms with Gasteiger partial charge in [-0.1, -0.05) is 19.9 Å². The van der Waals surface area contributed by atoms with Gasteiger partial charge in [0.15, 0.2) is 0 Å². The molecular formula is C10H22ClN. The van der Waals surface area contributed by atoms with Crippen molar-refractivity contribution in [3.8, 4) is 0 Å². The van der Waals surface area contributed by atoms with Gasteiger partial charge in [0.05, 0.1) is 0 Å². The fourth-order valence-electron chi connectivity index (χ4n) is 1.27. The second-order valence-electron chi connectivity index (χ2n) is 3.43. The van der Waals surface area contributed by atoms with E-state index in [1.807, 2.05) is 13.1 Å². The van der Waals surface area contributed by atoms with E-state index in [0.717, 1.165) is 24.8 Å². The molecule has 1 nitrogen and oxygen atoms in total. The van der Waals surface area contributed by atoms with E-state index < -0.39 is 0 Å². The van der Waals surface area contributed by atoms with Gasteiger partial charge >= 0.3 is 0 Å². The predicted molar refractivity (Wildman–Crippen MR) is 58.9 cm³/mol. The van der Waals surface area contributed by atoms with Crippen molar-refractivity contribution in [2.45, 2.75) is 26.7 Å². The van der Waals surface area contributed by atoms with Gasteiger partial charge < -0.3 is 5.32 Å². The standard InChI is InChI=1S/C10H21N.ClH/c1-5-6-7-10(8-11-4)9(2)3;/h5,9-11H,1,6-8H2,2-4H3;1H. The van der Waals surface area contributed by atoms with Crippen molar-refractivity contribution in [3.05, 3.63) is 12.7 Å². The maximum atomic E-state index is 3.73. The largest absolute Gasteiger partial charge is 0.319 e. The summed E-state index contributed by atoms with van der Waals surface area (Å²) in [6.07, 6.45) is 4.41. The average Bonchev–Trinajstić information content (AvgIpc) is 1.97. The van der Waals surface area contributed by atoms with Crippen molar-refractivity contribution in [3.63, 3.8) is 0 Å². The lowest BCUT2D eigenvalue weighted by Crippen LogP contribution is -2.22. The van der Waals surface area contributed by atoms with Gasteiger partial charge in [0.25, 0.3) is 0 Å². The molecule has 0 aromatic heterocycles. The van der Waals surface area contributed by atoms with Gasteiger partial charge in [-0.25, -0.2) is 0 Å². The summed E-state index contributed by atoms with van der Waals surface area (Å²) in [6.45, 7) is 9.43. The van der Waals surface area contributed by atoms with Crippen LogP contribution in [0.1, 0.15) is 26.7 Å². The first-order chi connectivity index (χ1) is 5.22. The van der Waals surface area contributed by atoms with Crippen LogP contribution in [-0.2, 0) is 0 Å². The molecule has 0 saturated heterocycles. The quantitative estimate of drug-likeness (QED) is 0.637. The van der Waals surface area contributed by atoms with E-state index >= 15 is 0 Å². The summed E-state index contributed by atoms with van der Waals surface area (Å²) in [5.41, 5.74) is 0. The Kier molecular flexibility index (Phi) is 11.0. The molecule has 1 atom stereocenters. The molecule has 0 heterocycles. The van der Waals surface area contributed by atoms with Crippen LogP contribution in [0.2, 0.25) is 0 Å². The van der Waals surface area contributed by atoms with E-state index in [-0.39, 0.29) is 12.4 Å². The molecular weight excluding hydrogens is 170 g/mol. The Hall–Kier alpha value is -0.0100. The normalized spacial score (nSPS) is 12.3. The number of nitrogens with one attached hydrogen (secondary N) is 1. The van der Waals surface area contributed by atoms with Crippen LogP contribution in [0.25, 0.3) is 0 Å². The second-order valence-corrected chi connectivity index (χ2v) is 3.43. The highest BCUT2D eigenvalue weighted by Crippen LogP contribution is 2.15. The third kappa shape index (κ3) is 6.68. The summed E-state index contributed by atoms with van der Waals surface area (Å²) in [5, 5.41) is 3.22. The zero-order chi connectivity index (χ0) is 8.69. The van der Waals surface area contributed by atoms with Gasteiger partial charge in [0.1, 0.15) is 0 Å². The number of halogens is 1. The first-order valence-corrected chi connectivity index (χ1v) is 4.47. The molecule has 0 fully saturated rings. The van der Waals surface area contributed by atoms with E-state index in [4.69, 9.17) is 0 Å². The highest BCUT2D eigenvalue weighted by molar-refractivity contribution is 5.85. The number of hydrogen-bond donors (Lipinski definition) is 1. The van der Waals surface area contributed by atoms with Crippen molar-refractivity contribution < 1.29 is 0 Å². The Morgan fingerprint density at radius 1 is 1.42 bits per heavy atom. The van der Waals surface area contributed by atoms with Gasteiger partial charge in [-0.05, 0) is 38.3 Å². The summed E-state index contributed by atoms with van der Waals surface area (Å²) in [6, 6.07) is 0. The molecule has 0 spiro atoms. The van der Waals surface area contributed by atoms with Gasteiger partial charge in [-0.15, -0.1) is 19.0 Å². The van der Waals surface area contributed by atoms with E-state index in [0.29, 0.717) is 0 Å². The Balaban J connectivity index is 0. The number of rotatable bonds is 6. The minimum atomic E-state index is 0. The fourth-order valence-corrected chi connectivity index (χ4v) is 1.27. The maximum Gasteiger partial charge on any atom is -0.00210 e. The molecule has 0 bridgehead atoms. The van der Waals surface area contributed by atoms with Crippen LogP contribution in [0.15, 0.2) is 12.7 Å². The lowest BCUT2D eigenvalue weighted by molar-refractivity contribution is 0.352. The average molecular weight is 192 g/mol. The molecule has 1 unspecified atom stereocenters. The maximum absolute atomic E-state index is 3.73. The highest BCUT2D eigenvalue weighted by Gasteiger charge is 2.10. The van der Waals surface area contributed by atoms with E-state index in [9.17, 15) is 0 Å². The number of allylic oxidation sites excluding steroid dienone is 1. The number of hydrogen-bond acceptors (Lipinski definition) is 1. The minimum absolute atomic E-state index is 0. The lowest BCUT2D eigenvalue weighted by Gasteiger charge is -2.19. The molecule has 0 rings (SSSR count). The van der Waals surface area contributed by atoms with Crippen LogP contribution in [0.3, 0.4) is 0 Å². The van der Waals surface area contributed by atoms with Crippen molar-refractivity contribution in [2.75, 3.05) is 13.6 Å². The van der Waals surface area contributed by atoms with Crippen LogP contribution in [0.4, 0.5) is 0 Å². The van der Waals surface area contributed by atoms with Crippen molar-refractivity contribution >= 4 is 12.4 Å². The molecule has 12 heavy (non-hydrogen) atoms. The molecule has 1 N–H and O–H groups in total. The van der Waals surface area contributed by atoms with Crippen LogP contribution in [-0.4, -0.2) is 13.6 Å². The summed E-state index contributed by atoms with van der Waals surface area (Å²) < 4.78 is 0. The highest BCUT2D eigenvalue weighted by atomic mass is 35.5. The Morgan fingerprint density at radius 3 is 2.33 bits per heavy atom. The molecule has 0 saturated carbocycles. The van der Waals surface area contributed by atoms with Gasteiger partial charge in [0, 0.05) is 0 Å². The topological polar surface area (TPSA) is 12.0 Å². The van der Waals surface area contributed by atoms with Crippen LogP contribution in [0.5, 0.6) is 0 Å². The molecule has 0 radical (unpaired) electrons. The first kappa shape index (κ1) is 14.5. The summed E-state index contributed by atoms with van der Waals surface area (Å²) in [4.78, 5) is 0. The first-order valence-electron chi connectivity index (χ1n) is 4.47. The molecule has 74 valence electrons. The molecule has 0 aliphatic carbocycles. The SMILES string of the molecule is C=CCCC(CNC)C(C)C.Cl. The summed E-state index contributed by atoms with van der Waals surface area (Å²) in [5.74, 6) is 1.58. The smallest absolute Gasteiger partial charge is 0.00210 e. The Morgan fingerprint density at radius 2 is 2.00 bits per heavy atom. The molecule has 0 aromatic rings. The van der Waals surface area contributed by atoms with Crippen LogP contribution >= 0.6 is 12.4 Å². The monoisotopic (exact) mass is 191 g/mol. The van der Waals surface area contributed by atoms with Crippen LogP contribution in [0, 0.1) is 11.8 Å². The van der Waals surface area contributed by atoms with Crippen molar-refractivity contribution in [2.24, 2.45) is 11.8 Å². The Bertz CT molecular complexity index is 102. The zero-order valence-corrected chi connectivity index (χ0v) is 9.29. The molecule has 0 amide bonds. The Labute approximate surface area is 83.0 Å². The molecule has 2 heteroatoms. The third-order valence-corrected chi connectivity index (χ3v) is 2.15. The van der Waals surface area contributed by atoms with Gasteiger partial charge in [-0.3, -0.25) is 0 Å². The van der Waals surface area contributed by atoms with E-state index in [1.54, 1.807) is 0 Å². The summed E-state index contributed by atoms with van der Waals surface area (Å²) >= 11 is 0. The van der Waals surface area contributed by atoms with Gasteiger partial charge in [0.2, 0.25) is 0 Å². The van der Waals surface area contributed by atoms with E-state index in [2.05, 4.69) is 25.7 Å². The summed E-state index contributed by atoms with van der Waals surface area (Å²) in [7, 11) is 2.02.